The lowest BCUT2D eigenvalue weighted by molar-refractivity contribution is 0.102. The highest BCUT2D eigenvalue weighted by molar-refractivity contribution is 6.08. The highest BCUT2D eigenvalue weighted by atomic mass is 19.1. The van der Waals surface area contributed by atoms with Crippen LogP contribution >= 0.6 is 0 Å². The molecule has 0 saturated carbocycles. The molecule has 0 aliphatic rings. The molecule has 0 saturated heterocycles. The molecule has 1 aromatic carbocycles. The van der Waals surface area contributed by atoms with Crippen molar-refractivity contribution in [3.8, 4) is 0 Å². The number of pyridine rings is 1. The van der Waals surface area contributed by atoms with E-state index in [1.54, 1.807) is 26.0 Å². The highest BCUT2D eigenvalue weighted by Gasteiger charge is 2.25. The van der Waals surface area contributed by atoms with Crippen LogP contribution in [0, 0.1) is 11.6 Å². The number of nitrogens with zero attached hydrogens (tertiary/aromatic N) is 2. The summed E-state index contributed by atoms with van der Waals surface area (Å²) in [5.41, 5.74) is -1.22. The van der Waals surface area contributed by atoms with Crippen LogP contribution in [-0.2, 0) is 6.54 Å². The van der Waals surface area contributed by atoms with Crippen molar-refractivity contribution in [2.75, 3.05) is 0 Å². The fourth-order valence-electron chi connectivity index (χ4n) is 3.01. The third kappa shape index (κ3) is 3.80. The molecule has 0 unspecified atom stereocenters. The largest absolute Gasteiger partial charge is 0.329 e. The molecule has 6 nitrogen and oxygen atoms in total. The monoisotopic (exact) mass is 385 g/mol. The van der Waals surface area contributed by atoms with Gasteiger partial charge in [0.15, 0.2) is 0 Å². The summed E-state index contributed by atoms with van der Waals surface area (Å²) in [5.74, 6) is -3.07. The number of halogens is 2. The summed E-state index contributed by atoms with van der Waals surface area (Å²) in [6.07, 6.45) is 3.05. The third-order valence-electron chi connectivity index (χ3n) is 4.24. The Morgan fingerprint density at radius 1 is 1.11 bits per heavy atom. The smallest absolute Gasteiger partial charge is 0.287 e. The van der Waals surface area contributed by atoms with Crippen molar-refractivity contribution in [3.63, 3.8) is 0 Å². The number of hydrogen-bond acceptors (Lipinski definition) is 4. The van der Waals surface area contributed by atoms with E-state index in [-0.39, 0.29) is 23.4 Å². The molecule has 0 atom stereocenters. The number of H-pyrrole nitrogens is 1. The maximum absolute atomic E-state index is 13.6. The summed E-state index contributed by atoms with van der Waals surface area (Å²) in [6, 6.07) is 5.70. The van der Waals surface area contributed by atoms with Crippen molar-refractivity contribution >= 4 is 5.78 Å². The number of ketones is 1. The van der Waals surface area contributed by atoms with Crippen LogP contribution in [0.3, 0.4) is 0 Å². The van der Waals surface area contributed by atoms with Crippen molar-refractivity contribution in [3.05, 3.63) is 97.6 Å². The molecule has 0 amide bonds. The first-order valence-corrected chi connectivity index (χ1v) is 8.54. The fraction of sp³-hybridized carbons (Fsp3) is 0.200. The first-order chi connectivity index (χ1) is 13.3. The standard InChI is InChI=1S/C20H17F2N3O3/c1-11(2)16-17(18(26)13-7-14(21)9-15(22)8-13)25(20(28)24-19(16)27)10-12-3-5-23-6-4-12/h3-9,11H,10H2,1-2H3,(H,24,27,28). The van der Waals surface area contributed by atoms with Crippen LogP contribution in [0.25, 0.3) is 0 Å². The minimum Gasteiger partial charge on any atom is -0.287 e. The Kier molecular flexibility index (Phi) is 5.30. The first kappa shape index (κ1) is 19.3. The quantitative estimate of drug-likeness (QED) is 0.684. The van der Waals surface area contributed by atoms with Crippen molar-refractivity contribution < 1.29 is 13.6 Å². The molecule has 0 fully saturated rings. The molecule has 3 aromatic rings. The second kappa shape index (κ2) is 7.67. The van der Waals surface area contributed by atoms with E-state index in [0.29, 0.717) is 11.6 Å². The van der Waals surface area contributed by atoms with Crippen LogP contribution in [0.2, 0.25) is 0 Å². The van der Waals surface area contributed by atoms with E-state index >= 15 is 0 Å². The Hall–Kier alpha value is -3.42. The van der Waals surface area contributed by atoms with Crippen molar-refractivity contribution in [1.29, 1.82) is 0 Å². The summed E-state index contributed by atoms with van der Waals surface area (Å²) in [7, 11) is 0. The van der Waals surface area contributed by atoms with Crippen molar-refractivity contribution in [2.24, 2.45) is 0 Å². The van der Waals surface area contributed by atoms with Crippen LogP contribution in [0.4, 0.5) is 8.78 Å². The van der Waals surface area contributed by atoms with Gasteiger partial charge < -0.3 is 0 Å². The van der Waals surface area contributed by atoms with Crippen LogP contribution < -0.4 is 11.2 Å². The maximum Gasteiger partial charge on any atom is 0.329 e. The lowest BCUT2D eigenvalue weighted by atomic mass is 9.96. The molecule has 0 spiro atoms. The number of hydrogen-bond donors (Lipinski definition) is 1. The Bertz CT molecular complexity index is 1130. The van der Waals surface area contributed by atoms with Gasteiger partial charge in [-0.1, -0.05) is 13.8 Å². The Morgan fingerprint density at radius 3 is 2.29 bits per heavy atom. The number of carbonyl (C=O) groups is 1. The SMILES string of the molecule is CC(C)c1c(C(=O)c2cc(F)cc(F)c2)n(Cc2ccncc2)c(=O)[nH]c1=O. The van der Waals surface area contributed by atoms with Gasteiger partial charge in [0.25, 0.3) is 5.56 Å². The number of aromatic nitrogens is 3. The van der Waals surface area contributed by atoms with E-state index in [0.717, 1.165) is 16.7 Å². The summed E-state index contributed by atoms with van der Waals surface area (Å²) in [4.78, 5) is 44.1. The summed E-state index contributed by atoms with van der Waals surface area (Å²) < 4.78 is 28.4. The van der Waals surface area contributed by atoms with Gasteiger partial charge in [0.2, 0.25) is 5.78 Å². The van der Waals surface area contributed by atoms with E-state index in [1.807, 2.05) is 0 Å². The molecular formula is C20H17F2N3O3. The van der Waals surface area contributed by atoms with Crippen LogP contribution in [-0.4, -0.2) is 20.3 Å². The molecule has 0 bridgehead atoms. The van der Waals surface area contributed by atoms with Gasteiger partial charge in [0, 0.05) is 29.6 Å². The van der Waals surface area contributed by atoms with Crippen LogP contribution in [0.1, 0.15) is 46.9 Å². The predicted molar refractivity (Wildman–Crippen MR) is 98.5 cm³/mol. The molecule has 144 valence electrons. The summed E-state index contributed by atoms with van der Waals surface area (Å²) >= 11 is 0. The third-order valence-corrected chi connectivity index (χ3v) is 4.24. The molecule has 1 N–H and O–H groups in total. The molecule has 2 heterocycles. The molecule has 0 radical (unpaired) electrons. The Labute approximate surface area is 158 Å². The lowest BCUT2D eigenvalue weighted by Gasteiger charge is -2.17. The fourth-order valence-corrected chi connectivity index (χ4v) is 3.01. The van der Waals surface area contributed by atoms with Crippen molar-refractivity contribution in [1.82, 2.24) is 14.5 Å². The minimum atomic E-state index is -0.928. The molecular weight excluding hydrogens is 368 g/mol. The normalized spacial score (nSPS) is 11.0. The maximum atomic E-state index is 13.6. The minimum absolute atomic E-state index is 0.0171. The number of carbonyl (C=O) groups excluding carboxylic acids is 1. The molecule has 8 heteroatoms. The van der Waals surface area contributed by atoms with E-state index in [4.69, 9.17) is 0 Å². The molecule has 0 aliphatic carbocycles. The molecule has 2 aromatic heterocycles. The van der Waals surface area contributed by atoms with E-state index in [2.05, 4.69) is 9.97 Å². The average Bonchev–Trinajstić information content (AvgIpc) is 2.62. The number of nitrogens with one attached hydrogen (secondary N) is 1. The van der Waals surface area contributed by atoms with E-state index < -0.39 is 34.6 Å². The van der Waals surface area contributed by atoms with Gasteiger partial charge in [-0.15, -0.1) is 0 Å². The van der Waals surface area contributed by atoms with Gasteiger partial charge in [0.05, 0.1) is 6.54 Å². The van der Waals surface area contributed by atoms with Crippen molar-refractivity contribution in [2.45, 2.75) is 26.3 Å². The lowest BCUT2D eigenvalue weighted by Crippen LogP contribution is -2.38. The highest BCUT2D eigenvalue weighted by Crippen LogP contribution is 2.20. The van der Waals surface area contributed by atoms with Crippen LogP contribution in [0.5, 0.6) is 0 Å². The summed E-state index contributed by atoms with van der Waals surface area (Å²) in [5, 5.41) is 0. The van der Waals surface area contributed by atoms with Gasteiger partial charge in [-0.3, -0.25) is 24.1 Å². The van der Waals surface area contributed by atoms with Gasteiger partial charge in [-0.05, 0) is 35.7 Å². The van der Waals surface area contributed by atoms with E-state index in [9.17, 15) is 23.2 Å². The zero-order chi connectivity index (χ0) is 20.4. The van der Waals surface area contributed by atoms with Gasteiger partial charge >= 0.3 is 5.69 Å². The number of rotatable bonds is 5. The Morgan fingerprint density at radius 2 is 1.71 bits per heavy atom. The molecule has 0 aliphatic heterocycles. The zero-order valence-corrected chi connectivity index (χ0v) is 15.2. The number of aromatic amines is 1. The van der Waals surface area contributed by atoms with Gasteiger partial charge in [0.1, 0.15) is 17.3 Å². The van der Waals surface area contributed by atoms with Crippen LogP contribution in [0.15, 0.2) is 52.3 Å². The zero-order valence-electron chi connectivity index (χ0n) is 15.2. The molecule has 3 rings (SSSR count). The predicted octanol–water partition coefficient (Wildman–Crippen LogP) is 2.61. The van der Waals surface area contributed by atoms with E-state index in [1.165, 1.54) is 12.4 Å². The summed E-state index contributed by atoms with van der Waals surface area (Å²) in [6.45, 7) is 3.36. The second-order valence-electron chi connectivity index (χ2n) is 6.61. The molecule has 28 heavy (non-hydrogen) atoms. The Balaban J connectivity index is 2.28. The van der Waals surface area contributed by atoms with Gasteiger partial charge in [-0.25, -0.2) is 13.6 Å². The number of benzene rings is 1. The van der Waals surface area contributed by atoms with Gasteiger partial charge in [-0.2, -0.15) is 0 Å². The average molecular weight is 385 g/mol. The second-order valence-corrected chi connectivity index (χ2v) is 6.61. The topological polar surface area (TPSA) is 84.8 Å². The first-order valence-electron chi connectivity index (χ1n) is 8.54.